The summed E-state index contributed by atoms with van der Waals surface area (Å²) in [4.78, 5) is 31.0. The second-order valence-electron chi connectivity index (χ2n) is 19.1. The summed E-state index contributed by atoms with van der Waals surface area (Å²) in [5, 5.41) is 0. The first-order chi connectivity index (χ1) is 38.6. The van der Waals surface area contributed by atoms with E-state index in [1.165, 1.54) is 0 Å². The minimum atomic E-state index is 0.591. The first kappa shape index (κ1) is 47.2. The number of hydrogen-bond donors (Lipinski definition) is 0. The van der Waals surface area contributed by atoms with Gasteiger partial charge >= 0.3 is 0 Å². The maximum absolute atomic E-state index is 5.18. The summed E-state index contributed by atoms with van der Waals surface area (Å²) in [6.07, 6.45) is 0. The van der Waals surface area contributed by atoms with Crippen molar-refractivity contribution in [1.29, 1.82) is 0 Å². The lowest BCUT2D eigenvalue weighted by Gasteiger charge is -2.12. The molecule has 6 nitrogen and oxygen atoms in total. The molecule has 11 aromatic carbocycles. The summed E-state index contributed by atoms with van der Waals surface area (Å²) in [6.45, 7) is 0. The van der Waals surface area contributed by atoms with Crippen molar-refractivity contribution in [1.82, 2.24) is 29.9 Å². The third kappa shape index (κ3) is 10.2. The van der Waals surface area contributed by atoms with Crippen molar-refractivity contribution in [3.05, 3.63) is 291 Å². The quantitative estimate of drug-likeness (QED) is 0.121. The van der Waals surface area contributed by atoms with Gasteiger partial charge in [-0.25, -0.2) is 29.9 Å². The van der Waals surface area contributed by atoms with E-state index in [4.69, 9.17) is 29.9 Å². The van der Waals surface area contributed by atoms with E-state index in [0.29, 0.717) is 34.9 Å². The highest BCUT2D eigenvalue weighted by Crippen LogP contribution is 2.35. The second-order valence-corrected chi connectivity index (χ2v) is 19.1. The second kappa shape index (κ2) is 21.4. The van der Waals surface area contributed by atoms with Crippen LogP contribution in [0, 0.1) is 0 Å². The van der Waals surface area contributed by atoms with Crippen LogP contribution in [0.1, 0.15) is 0 Å². The molecule has 366 valence electrons. The summed E-state index contributed by atoms with van der Waals surface area (Å²) in [5.41, 5.74) is 18.6. The molecular formula is C72H48N6. The summed E-state index contributed by atoms with van der Waals surface area (Å²) in [6, 6.07) is 101. The lowest BCUT2D eigenvalue weighted by atomic mass is 9.97. The van der Waals surface area contributed by atoms with Gasteiger partial charge < -0.3 is 0 Å². The molecule has 0 amide bonds. The van der Waals surface area contributed by atoms with Crippen molar-refractivity contribution in [2.45, 2.75) is 0 Å². The first-order valence-electron chi connectivity index (χ1n) is 26.1. The third-order valence-corrected chi connectivity index (χ3v) is 14.0. The maximum Gasteiger partial charge on any atom is 0.164 e. The minimum Gasteiger partial charge on any atom is -0.208 e. The fraction of sp³-hybridized carbons (Fsp3) is 0. The zero-order valence-electron chi connectivity index (χ0n) is 42.4. The standard InChI is InChI=1S/C72H48N6/c1-5-18-49(19-6-1)53-36-40-55(41-37-53)67-73-69(63-32-14-26-57(45-63)51-22-9-3-10-23-51)77-71(75-67)65-34-16-30-61(47-65)59-28-13-29-60(44-59)62-31-17-35-66(48-62)72-76-68(56-42-38-54(39-43-56)50-20-7-2-8-21-50)74-70(78-72)64-33-15-27-58(46-64)52-24-11-4-12-25-52/h1-48H. The van der Waals surface area contributed by atoms with Crippen LogP contribution in [0.3, 0.4) is 0 Å². The van der Waals surface area contributed by atoms with Gasteiger partial charge in [0.15, 0.2) is 34.9 Å². The predicted octanol–water partition coefficient (Wildman–Crippen LogP) is 18.1. The Labute approximate surface area is 453 Å². The summed E-state index contributed by atoms with van der Waals surface area (Å²) in [7, 11) is 0. The average Bonchev–Trinajstić information content (AvgIpc) is 3.58. The molecule has 6 heteroatoms. The van der Waals surface area contributed by atoms with Gasteiger partial charge in [-0.1, -0.05) is 261 Å². The minimum absolute atomic E-state index is 0.591. The van der Waals surface area contributed by atoms with E-state index < -0.39 is 0 Å². The molecular weight excluding hydrogens is 949 g/mol. The van der Waals surface area contributed by atoms with Crippen LogP contribution >= 0.6 is 0 Å². The molecule has 78 heavy (non-hydrogen) atoms. The molecule has 13 aromatic rings. The van der Waals surface area contributed by atoms with Crippen molar-refractivity contribution >= 4 is 0 Å². The van der Waals surface area contributed by atoms with Crippen LogP contribution in [0.5, 0.6) is 0 Å². The van der Waals surface area contributed by atoms with Crippen LogP contribution in [0.15, 0.2) is 291 Å². The van der Waals surface area contributed by atoms with E-state index >= 15 is 0 Å². The van der Waals surface area contributed by atoms with Crippen molar-refractivity contribution in [2.75, 3.05) is 0 Å². The summed E-state index contributed by atoms with van der Waals surface area (Å²) >= 11 is 0. The third-order valence-electron chi connectivity index (χ3n) is 14.0. The van der Waals surface area contributed by atoms with Crippen LogP contribution in [0.25, 0.3) is 135 Å². The monoisotopic (exact) mass is 996 g/mol. The normalized spacial score (nSPS) is 11.1. The van der Waals surface area contributed by atoms with E-state index in [1.54, 1.807) is 0 Å². The molecule has 0 bridgehead atoms. The van der Waals surface area contributed by atoms with Gasteiger partial charge in [0.05, 0.1) is 0 Å². The highest BCUT2D eigenvalue weighted by Gasteiger charge is 2.17. The Morgan fingerprint density at radius 1 is 0.115 bits per heavy atom. The largest absolute Gasteiger partial charge is 0.208 e. The molecule has 0 atom stereocenters. The SMILES string of the molecule is c1ccc(-c2ccc(-c3nc(-c4cccc(-c5ccccc5)c4)nc(-c4cccc(-c5cccc(-c6cccc(-c7nc(-c8ccc(-c9ccccc9)cc8)nc(-c8cccc(-c9ccccc9)c8)n7)c6)c5)c4)n3)cc2)cc1. The number of rotatable bonds is 12. The zero-order chi connectivity index (χ0) is 52.0. The van der Waals surface area contributed by atoms with Crippen molar-refractivity contribution in [3.63, 3.8) is 0 Å². The molecule has 2 heterocycles. The van der Waals surface area contributed by atoms with Crippen molar-refractivity contribution < 1.29 is 0 Å². The van der Waals surface area contributed by atoms with Crippen LogP contribution in [-0.2, 0) is 0 Å². The maximum atomic E-state index is 5.18. The molecule has 0 fully saturated rings. The molecule has 0 saturated carbocycles. The van der Waals surface area contributed by atoms with E-state index in [1.807, 2.05) is 24.3 Å². The van der Waals surface area contributed by atoms with Crippen molar-refractivity contribution in [3.8, 4) is 135 Å². The van der Waals surface area contributed by atoms with Gasteiger partial charge in [0.25, 0.3) is 0 Å². The van der Waals surface area contributed by atoms with Crippen LogP contribution < -0.4 is 0 Å². The lowest BCUT2D eigenvalue weighted by molar-refractivity contribution is 1.07. The van der Waals surface area contributed by atoms with E-state index in [-0.39, 0.29) is 0 Å². The Morgan fingerprint density at radius 2 is 0.269 bits per heavy atom. The fourth-order valence-electron chi connectivity index (χ4n) is 9.90. The Hall–Kier alpha value is -10.6. The van der Waals surface area contributed by atoms with Crippen LogP contribution in [0.4, 0.5) is 0 Å². The smallest absolute Gasteiger partial charge is 0.164 e. The number of aromatic nitrogens is 6. The lowest BCUT2D eigenvalue weighted by Crippen LogP contribution is -2.00. The Bertz CT molecular complexity index is 3950. The van der Waals surface area contributed by atoms with E-state index in [9.17, 15) is 0 Å². The van der Waals surface area contributed by atoms with Gasteiger partial charge in [0.2, 0.25) is 0 Å². The molecule has 0 spiro atoms. The molecule has 0 aliphatic rings. The summed E-state index contributed by atoms with van der Waals surface area (Å²) in [5.74, 6) is 3.59. The van der Waals surface area contributed by atoms with Crippen molar-refractivity contribution in [2.24, 2.45) is 0 Å². The van der Waals surface area contributed by atoms with E-state index in [2.05, 4.69) is 267 Å². The first-order valence-corrected chi connectivity index (χ1v) is 26.1. The molecule has 0 radical (unpaired) electrons. The highest BCUT2D eigenvalue weighted by atomic mass is 15.0. The van der Waals surface area contributed by atoms with Gasteiger partial charge in [-0.15, -0.1) is 0 Å². The topological polar surface area (TPSA) is 77.3 Å². The Morgan fingerprint density at radius 3 is 0.526 bits per heavy atom. The molecule has 0 saturated heterocycles. The van der Waals surface area contributed by atoms with E-state index in [0.717, 1.165) is 100 Å². The molecule has 0 aliphatic heterocycles. The number of benzene rings is 11. The molecule has 2 aromatic heterocycles. The Kier molecular flexibility index (Phi) is 12.9. The number of hydrogen-bond acceptors (Lipinski definition) is 6. The molecule has 13 rings (SSSR count). The Balaban J connectivity index is 0.852. The van der Waals surface area contributed by atoms with Gasteiger partial charge in [0, 0.05) is 33.4 Å². The fourth-order valence-corrected chi connectivity index (χ4v) is 9.90. The van der Waals surface area contributed by atoms with Gasteiger partial charge in [-0.05, 0) is 97.1 Å². The molecule has 0 N–H and O–H groups in total. The highest BCUT2D eigenvalue weighted by molar-refractivity contribution is 5.80. The zero-order valence-corrected chi connectivity index (χ0v) is 42.4. The van der Waals surface area contributed by atoms with Gasteiger partial charge in [-0.3, -0.25) is 0 Å². The van der Waals surface area contributed by atoms with Gasteiger partial charge in [-0.2, -0.15) is 0 Å². The van der Waals surface area contributed by atoms with Gasteiger partial charge in [0.1, 0.15) is 0 Å². The predicted molar refractivity (Wildman–Crippen MR) is 318 cm³/mol. The summed E-state index contributed by atoms with van der Waals surface area (Å²) < 4.78 is 0. The average molecular weight is 997 g/mol. The molecule has 0 unspecified atom stereocenters. The van der Waals surface area contributed by atoms with Crippen LogP contribution in [0.2, 0.25) is 0 Å². The van der Waals surface area contributed by atoms with Crippen LogP contribution in [-0.4, -0.2) is 29.9 Å². The number of nitrogens with zero attached hydrogens (tertiary/aromatic N) is 6. The molecule has 0 aliphatic carbocycles.